The normalized spacial score (nSPS) is 11.6. The first-order valence-electron chi connectivity index (χ1n) is 8.20. The molecule has 2 rings (SSSR count). The fourth-order valence-electron chi connectivity index (χ4n) is 2.30. The van der Waals surface area contributed by atoms with Gasteiger partial charge in [0.25, 0.3) is 5.91 Å². The first-order chi connectivity index (χ1) is 12.1. The summed E-state index contributed by atoms with van der Waals surface area (Å²) in [5.41, 5.74) is 2.51. The van der Waals surface area contributed by atoms with Crippen LogP contribution >= 0.6 is 0 Å². The van der Waals surface area contributed by atoms with Crippen LogP contribution in [-0.4, -0.2) is 31.6 Å². The SMILES string of the molecule is COCc1ccc(C(=O)OC(C)C(=O)NCCc2ccccc2)cc1. The molecule has 1 unspecified atom stereocenters. The number of benzene rings is 2. The number of rotatable bonds is 8. The van der Waals surface area contributed by atoms with Crippen molar-refractivity contribution in [2.75, 3.05) is 13.7 Å². The van der Waals surface area contributed by atoms with Gasteiger partial charge in [-0.3, -0.25) is 4.79 Å². The first-order valence-corrected chi connectivity index (χ1v) is 8.20. The van der Waals surface area contributed by atoms with Gasteiger partial charge in [0.15, 0.2) is 6.10 Å². The molecule has 5 heteroatoms. The van der Waals surface area contributed by atoms with Crippen molar-refractivity contribution in [3.63, 3.8) is 0 Å². The second-order valence-corrected chi connectivity index (χ2v) is 5.70. The Labute approximate surface area is 148 Å². The van der Waals surface area contributed by atoms with Gasteiger partial charge >= 0.3 is 5.97 Å². The summed E-state index contributed by atoms with van der Waals surface area (Å²) < 4.78 is 10.2. The summed E-state index contributed by atoms with van der Waals surface area (Å²) in [5, 5.41) is 2.78. The molecular formula is C20H23NO4. The zero-order valence-electron chi connectivity index (χ0n) is 14.5. The number of carbonyl (C=O) groups excluding carboxylic acids is 2. The molecule has 0 aromatic heterocycles. The summed E-state index contributed by atoms with van der Waals surface area (Å²) in [6.45, 7) is 2.54. The molecule has 2 aromatic rings. The van der Waals surface area contributed by atoms with E-state index in [9.17, 15) is 9.59 Å². The second-order valence-electron chi connectivity index (χ2n) is 5.70. The molecule has 0 aliphatic heterocycles. The zero-order valence-corrected chi connectivity index (χ0v) is 14.5. The van der Waals surface area contributed by atoms with Gasteiger partial charge < -0.3 is 14.8 Å². The number of esters is 1. The van der Waals surface area contributed by atoms with Gasteiger partial charge in [0.1, 0.15) is 0 Å². The van der Waals surface area contributed by atoms with Gasteiger partial charge in [-0.2, -0.15) is 0 Å². The maximum absolute atomic E-state index is 12.1. The lowest BCUT2D eigenvalue weighted by molar-refractivity contribution is -0.129. The van der Waals surface area contributed by atoms with Gasteiger partial charge in [0.2, 0.25) is 0 Å². The highest BCUT2D eigenvalue weighted by Gasteiger charge is 2.18. The molecule has 1 amide bonds. The number of methoxy groups -OCH3 is 1. The Bertz CT molecular complexity index is 683. The molecule has 0 aliphatic carbocycles. The summed E-state index contributed by atoms with van der Waals surface area (Å²) in [4.78, 5) is 24.1. The fourth-order valence-corrected chi connectivity index (χ4v) is 2.30. The Morgan fingerprint density at radius 2 is 1.68 bits per heavy atom. The van der Waals surface area contributed by atoms with Crippen molar-refractivity contribution < 1.29 is 19.1 Å². The lowest BCUT2D eigenvalue weighted by Gasteiger charge is -2.13. The zero-order chi connectivity index (χ0) is 18.1. The molecular weight excluding hydrogens is 318 g/mol. The molecule has 1 atom stereocenters. The van der Waals surface area contributed by atoms with Gasteiger partial charge in [-0.05, 0) is 36.6 Å². The molecule has 132 valence electrons. The minimum absolute atomic E-state index is 0.305. The summed E-state index contributed by atoms with van der Waals surface area (Å²) in [7, 11) is 1.61. The molecule has 0 radical (unpaired) electrons. The highest BCUT2D eigenvalue weighted by Crippen LogP contribution is 2.08. The van der Waals surface area contributed by atoms with E-state index in [-0.39, 0.29) is 5.91 Å². The van der Waals surface area contributed by atoms with Gasteiger partial charge in [-0.15, -0.1) is 0 Å². The van der Waals surface area contributed by atoms with Crippen LogP contribution in [0.15, 0.2) is 54.6 Å². The average molecular weight is 341 g/mol. The minimum atomic E-state index is -0.845. The summed E-state index contributed by atoms with van der Waals surface area (Å²) in [6, 6.07) is 16.8. The number of amides is 1. The van der Waals surface area contributed by atoms with Crippen LogP contribution in [0, 0.1) is 0 Å². The Morgan fingerprint density at radius 1 is 1.00 bits per heavy atom. The molecule has 0 fully saturated rings. The highest BCUT2D eigenvalue weighted by molar-refractivity contribution is 5.92. The van der Waals surface area contributed by atoms with E-state index in [1.807, 2.05) is 30.3 Å². The van der Waals surface area contributed by atoms with Crippen LogP contribution in [0.1, 0.15) is 28.4 Å². The number of nitrogens with one attached hydrogen (secondary N) is 1. The van der Waals surface area contributed by atoms with E-state index in [4.69, 9.17) is 9.47 Å². The molecule has 25 heavy (non-hydrogen) atoms. The molecule has 0 aliphatic rings. The van der Waals surface area contributed by atoms with E-state index in [0.717, 1.165) is 17.5 Å². The molecule has 5 nitrogen and oxygen atoms in total. The topological polar surface area (TPSA) is 64.6 Å². The number of hydrogen-bond acceptors (Lipinski definition) is 4. The Balaban J connectivity index is 1.78. The molecule has 0 saturated heterocycles. The first kappa shape index (κ1) is 18.7. The monoisotopic (exact) mass is 341 g/mol. The predicted molar refractivity (Wildman–Crippen MR) is 95.2 cm³/mol. The third-order valence-corrected chi connectivity index (χ3v) is 3.71. The Kier molecular flexibility index (Phi) is 7.16. The predicted octanol–water partition coefficient (Wildman–Crippen LogP) is 2.74. The fraction of sp³-hybridized carbons (Fsp3) is 0.300. The molecule has 0 heterocycles. The van der Waals surface area contributed by atoms with Crippen molar-refractivity contribution in [2.45, 2.75) is 26.1 Å². The molecule has 2 aromatic carbocycles. The van der Waals surface area contributed by atoms with E-state index in [2.05, 4.69) is 5.32 Å². The van der Waals surface area contributed by atoms with Gasteiger partial charge in [-0.25, -0.2) is 4.79 Å². The van der Waals surface area contributed by atoms with Crippen LogP contribution in [0.5, 0.6) is 0 Å². The smallest absolute Gasteiger partial charge is 0.338 e. The van der Waals surface area contributed by atoms with Crippen molar-refractivity contribution in [1.29, 1.82) is 0 Å². The minimum Gasteiger partial charge on any atom is -0.449 e. The van der Waals surface area contributed by atoms with Gasteiger partial charge in [0, 0.05) is 13.7 Å². The Hall–Kier alpha value is -2.66. The summed E-state index contributed by atoms with van der Waals surface area (Å²) in [5.74, 6) is -0.824. The highest BCUT2D eigenvalue weighted by atomic mass is 16.5. The van der Waals surface area contributed by atoms with Crippen LogP contribution in [0.3, 0.4) is 0 Å². The van der Waals surface area contributed by atoms with Crippen LogP contribution in [0.4, 0.5) is 0 Å². The number of hydrogen-bond donors (Lipinski definition) is 1. The largest absolute Gasteiger partial charge is 0.449 e. The number of ether oxygens (including phenoxy) is 2. The maximum atomic E-state index is 12.1. The van der Waals surface area contributed by atoms with Gasteiger partial charge in [-0.1, -0.05) is 42.5 Å². The van der Waals surface area contributed by atoms with E-state index in [0.29, 0.717) is 18.7 Å². The lowest BCUT2D eigenvalue weighted by atomic mass is 10.1. The van der Waals surface area contributed by atoms with E-state index in [1.54, 1.807) is 38.3 Å². The van der Waals surface area contributed by atoms with Crippen LogP contribution in [-0.2, 0) is 27.3 Å². The van der Waals surface area contributed by atoms with E-state index < -0.39 is 12.1 Å². The Morgan fingerprint density at radius 3 is 2.32 bits per heavy atom. The maximum Gasteiger partial charge on any atom is 0.338 e. The van der Waals surface area contributed by atoms with E-state index >= 15 is 0 Å². The van der Waals surface area contributed by atoms with Gasteiger partial charge in [0.05, 0.1) is 12.2 Å². The molecule has 0 spiro atoms. The molecule has 1 N–H and O–H groups in total. The average Bonchev–Trinajstić information content (AvgIpc) is 2.63. The van der Waals surface area contributed by atoms with Crippen molar-refractivity contribution >= 4 is 11.9 Å². The van der Waals surface area contributed by atoms with E-state index in [1.165, 1.54) is 0 Å². The summed E-state index contributed by atoms with van der Waals surface area (Å²) >= 11 is 0. The second kappa shape index (κ2) is 9.59. The summed E-state index contributed by atoms with van der Waals surface area (Å²) in [6.07, 6.45) is -0.115. The van der Waals surface area contributed by atoms with Crippen LogP contribution in [0.2, 0.25) is 0 Å². The quantitative estimate of drug-likeness (QED) is 0.750. The third kappa shape index (κ3) is 6.04. The van der Waals surface area contributed by atoms with Crippen molar-refractivity contribution in [3.8, 4) is 0 Å². The lowest BCUT2D eigenvalue weighted by Crippen LogP contribution is -2.36. The third-order valence-electron chi connectivity index (χ3n) is 3.71. The molecule has 0 bridgehead atoms. The van der Waals surface area contributed by atoms with Crippen molar-refractivity contribution in [3.05, 3.63) is 71.3 Å². The number of carbonyl (C=O) groups is 2. The van der Waals surface area contributed by atoms with Crippen LogP contribution in [0.25, 0.3) is 0 Å². The van der Waals surface area contributed by atoms with Crippen molar-refractivity contribution in [1.82, 2.24) is 5.32 Å². The van der Waals surface area contributed by atoms with Crippen LogP contribution < -0.4 is 5.32 Å². The van der Waals surface area contributed by atoms with Crippen molar-refractivity contribution in [2.24, 2.45) is 0 Å². The standard InChI is InChI=1S/C20H23NO4/c1-15(19(22)21-13-12-16-6-4-3-5-7-16)25-20(23)18-10-8-17(9-11-18)14-24-2/h3-11,15H,12-14H2,1-2H3,(H,21,22). The molecule has 0 saturated carbocycles.